The molecule has 0 radical (unpaired) electrons. The summed E-state index contributed by atoms with van der Waals surface area (Å²) in [6.07, 6.45) is 7.18. The van der Waals surface area contributed by atoms with Gasteiger partial charge in [-0.2, -0.15) is 5.10 Å². The fraction of sp³-hybridized carbons (Fsp3) is 0.692. The largest absolute Gasteiger partial charge is 0.493 e. The summed E-state index contributed by atoms with van der Waals surface area (Å²) in [6, 6.07) is 0. The Morgan fingerprint density at radius 3 is 2.82 bits per heavy atom. The zero-order chi connectivity index (χ0) is 12.3. The number of Topliss-reactive ketones (excluding diaryl/α,β-unsaturated/α-hetero) is 1. The maximum atomic E-state index is 12.3. The van der Waals surface area contributed by atoms with Gasteiger partial charge in [-0.15, -0.1) is 0 Å². The molecule has 0 atom stereocenters. The highest BCUT2D eigenvalue weighted by atomic mass is 16.5. The van der Waals surface area contributed by atoms with Gasteiger partial charge in [-0.25, -0.2) is 0 Å². The normalized spacial score (nSPS) is 16.4. The lowest BCUT2D eigenvalue weighted by Crippen LogP contribution is -2.13. The lowest BCUT2D eigenvalue weighted by atomic mass is 9.99. The predicted octanol–water partition coefficient (Wildman–Crippen LogP) is 2.67. The van der Waals surface area contributed by atoms with Crippen LogP contribution in [0.15, 0.2) is 6.20 Å². The molecule has 1 aromatic heterocycles. The third-order valence-corrected chi connectivity index (χ3v) is 3.54. The quantitative estimate of drug-likeness (QED) is 0.738. The van der Waals surface area contributed by atoms with Gasteiger partial charge in [0.1, 0.15) is 5.69 Å². The lowest BCUT2D eigenvalue weighted by Gasteiger charge is -2.10. The second-order valence-electron chi connectivity index (χ2n) is 4.66. The van der Waals surface area contributed by atoms with E-state index in [-0.39, 0.29) is 5.78 Å². The summed E-state index contributed by atoms with van der Waals surface area (Å²) >= 11 is 0. The van der Waals surface area contributed by atoms with Gasteiger partial charge in [0.05, 0.1) is 13.3 Å². The van der Waals surface area contributed by atoms with Gasteiger partial charge in [-0.3, -0.25) is 9.48 Å². The standard InChI is InChI=1S/C13H20N2O2/c1-3-15-13(12(17-2)9-14-15)11(16)8-10-6-4-5-7-10/h9-10H,3-8H2,1-2H3. The van der Waals surface area contributed by atoms with E-state index in [0.717, 1.165) is 0 Å². The van der Waals surface area contributed by atoms with E-state index in [2.05, 4.69) is 5.10 Å². The van der Waals surface area contributed by atoms with E-state index < -0.39 is 0 Å². The van der Waals surface area contributed by atoms with E-state index in [1.54, 1.807) is 18.0 Å². The van der Waals surface area contributed by atoms with Crippen LogP contribution in [-0.4, -0.2) is 22.7 Å². The van der Waals surface area contributed by atoms with Crippen molar-refractivity contribution in [1.82, 2.24) is 9.78 Å². The summed E-state index contributed by atoms with van der Waals surface area (Å²) in [6.45, 7) is 2.69. The number of hydrogen-bond acceptors (Lipinski definition) is 3. The van der Waals surface area contributed by atoms with Gasteiger partial charge in [-0.05, 0) is 12.8 Å². The Hall–Kier alpha value is -1.32. The second-order valence-corrected chi connectivity index (χ2v) is 4.66. The first-order valence-corrected chi connectivity index (χ1v) is 6.39. The minimum Gasteiger partial charge on any atom is -0.493 e. The van der Waals surface area contributed by atoms with E-state index >= 15 is 0 Å². The van der Waals surface area contributed by atoms with Crippen LogP contribution in [0.3, 0.4) is 0 Å². The summed E-state index contributed by atoms with van der Waals surface area (Å²) < 4.78 is 6.94. The fourth-order valence-electron chi connectivity index (χ4n) is 2.61. The molecule has 0 spiro atoms. The van der Waals surface area contributed by atoms with Crippen molar-refractivity contribution >= 4 is 5.78 Å². The smallest absolute Gasteiger partial charge is 0.184 e. The molecule has 0 N–H and O–H groups in total. The number of rotatable bonds is 5. The molecule has 17 heavy (non-hydrogen) atoms. The molecule has 1 saturated carbocycles. The Bertz CT molecular complexity index is 371. The molecular formula is C13H20N2O2. The fourth-order valence-corrected chi connectivity index (χ4v) is 2.61. The number of methoxy groups -OCH3 is 1. The number of nitrogens with zero attached hydrogens (tertiary/aromatic N) is 2. The Morgan fingerprint density at radius 1 is 1.53 bits per heavy atom. The highest BCUT2D eigenvalue weighted by molar-refractivity contribution is 5.97. The molecule has 0 unspecified atom stereocenters. The van der Waals surface area contributed by atoms with Crippen LogP contribution >= 0.6 is 0 Å². The Balaban J connectivity index is 2.13. The summed E-state index contributed by atoms with van der Waals surface area (Å²) in [7, 11) is 1.59. The zero-order valence-corrected chi connectivity index (χ0v) is 10.6. The third kappa shape index (κ3) is 2.51. The predicted molar refractivity (Wildman–Crippen MR) is 65.4 cm³/mol. The monoisotopic (exact) mass is 236 g/mol. The van der Waals surface area contributed by atoms with Crippen LogP contribution in [0.2, 0.25) is 0 Å². The molecular weight excluding hydrogens is 216 g/mol. The van der Waals surface area contributed by atoms with E-state index in [1.165, 1.54) is 25.7 Å². The van der Waals surface area contributed by atoms with Crippen LogP contribution in [0.4, 0.5) is 0 Å². The van der Waals surface area contributed by atoms with Gasteiger partial charge in [0.25, 0.3) is 0 Å². The van der Waals surface area contributed by atoms with Crippen molar-refractivity contribution in [2.75, 3.05) is 7.11 Å². The van der Waals surface area contributed by atoms with Gasteiger partial charge < -0.3 is 4.74 Å². The molecule has 0 aliphatic heterocycles. The number of carbonyl (C=O) groups is 1. The first-order chi connectivity index (χ1) is 8.26. The van der Waals surface area contributed by atoms with Crippen LogP contribution < -0.4 is 4.74 Å². The summed E-state index contributed by atoms with van der Waals surface area (Å²) in [4.78, 5) is 12.3. The molecule has 0 saturated heterocycles. The van der Waals surface area contributed by atoms with Gasteiger partial charge in [-0.1, -0.05) is 25.7 Å². The van der Waals surface area contributed by atoms with E-state index in [1.807, 2.05) is 6.92 Å². The van der Waals surface area contributed by atoms with Crippen molar-refractivity contribution in [3.8, 4) is 5.75 Å². The molecule has 1 aliphatic rings. The molecule has 94 valence electrons. The second kappa shape index (κ2) is 5.34. The number of carbonyl (C=O) groups excluding carboxylic acids is 1. The topological polar surface area (TPSA) is 44.1 Å². The summed E-state index contributed by atoms with van der Waals surface area (Å²) in [5, 5.41) is 4.17. The average molecular weight is 236 g/mol. The van der Waals surface area contributed by atoms with Crippen LogP contribution in [0.25, 0.3) is 0 Å². The first kappa shape index (κ1) is 12.1. The molecule has 4 nitrogen and oxygen atoms in total. The molecule has 2 rings (SSSR count). The van der Waals surface area contributed by atoms with Crippen LogP contribution in [0, 0.1) is 5.92 Å². The van der Waals surface area contributed by atoms with Gasteiger partial charge in [0.15, 0.2) is 11.5 Å². The highest BCUT2D eigenvalue weighted by Gasteiger charge is 2.24. The first-order valence-electron chi connectivity index (χ1n) is 6.39. The number of hydrogen-bond donors (Lipinski definition) is 0. The van der Waals surface area contributed by atoms with E-state index in [9.17, 15) is 4.79 Å². The molecule has 0 bridgehead atoms. The van der Waals surface area contributed by atoms with Crippen LogP contribution in [0.5, 0.6) is 5.75 Å². The van der Waals surface area contributed by atoms with E-state index in [4.69, 9.17) is 4.74 Å². The number of ether oxygens (including phenoxy) is 1. The lowest BCUT2D eigenvalue weighted by molar-refractivity contribution is 0.0948. The van der Waals surface area contributed by atoms with Gasteiger partial charge in [0.2, 0.25) is 0 Å². The molecule has 1 heterocycles. The molecule has 0 amide bonds. The summed E-state index contributed by atoms with van der Waals surface area (Å²) in [5.41, 5.74) is 0.641. The molecule has 1 fully saturated rings. The van der Waals surface area contributed by atoms with Gasteiger partial charge >= 0.3 is 0 Å². The zero-order valence-electron chi connectivity index (χ0n) is 10.6. The number of aryl methyl sites for hydroxylation is 1. The van der Waals surface area contributed by atoms with Crippen molar-refractivity contribution < 1.29 is 9.53 Å². The third-order valence-electron chi connectivity index (χ3n) is 3.54. The molecule has 4 heteroatoms. The molecule has 1 aromatic rings. The number of ketones is 1. The number of aromatic nitrogens is 2. The minimum atomic E-state index is 0.174. The van der Waals surface area contributed by atoms with Gasteiger partial charge in [0, 0.05) is 13.0 Å². The van der Waals surface area contributed by atoms with Crippen molar-refractivity contribution in [3.63, 3.8) is 0 Å². The average Bonchev–Trinajstić information content (AvgIpc) is 2.95. The Morgan fingerprint density at radius 2 is 2.24 bits per heavy atom. The minimum absolute atomic E-state index is 0.174. The van der Waals surface area contributed by atoms with Crippen LogP contribution in [0.1, 0.15) is 49.5 Å². The van der Waals surface area contributed by atoms with Crippen LogP contribution in [-0.2, 0) is 6.54 Å². The van der Waals surface area contributed by atoms with Crippen molar-refractivity contribution in [1.29, 1.82) is 0 Å². The van der Waals surface area contributed by atoms with Crippen molar-refractivity contribution in [2.45, 2.75) is 45.6 Å². The maximum absolute atomic E-state index is 12.3. The van der Waals surface area contributed by atoms with Crippen molar-refractivity contribution in [3.05, 3.63) is 11.9 Å². The summed E-state index contributed by atoms with van der Waals surface area (Å²) in [5.74, 6) is 1.34. The highest BCUT2D eigenvalue weighted by Crippen LogP contribution is 2.30. The molecule has 1 aliphatic carbocycles. The Kier molecular flexibility index (Phi) is 3.82. The SMILES string of the molecule is CCn1ncc(OC)c1C(=O)CC1CCCC1. The van der Waals surface area contributed by atoms with E-state index in [0.29, 0.717) is 30.3 Å². The Labute approximate surface area is 102 Å². The molecule has 0 aromatic carbocycles. The van der Waals surface area contributed by atoms with Crippen molar-refractivity contribution in [2.24, 2.45) is 5.92 Å². The maximum Gasteiger partial charge on any atom is 0.184 e.